The number of hydrogen-bond donors (Lipinski definition) is 2. The van der Waals surface area contributed by atoms with Crippen molar-refractivity contribution in [2.75, 3.05) is 23.7 Å². The lowest BCUT2D eigenvalue weighted by Gasteiger charge is -2.19. The highest BCUT2D eigenvalue weighted by Gasteiger charge is 2.29. The minimum absolute atomic E-state index is 0.107. The average molecular weight is 545 g/mol. The van der Waals surface area contributed by atoms with E-state index in [9.17, 15) is 27.6 Å². The Kier molecular flexibility index (Phi) is 7.00. The van der Waals surface area contributed by atoms with E-state index in [0.717, 1.165) is 4.57 Å². The van der Waals surface area contributed by atoms with Gasteiger partial charge < -0.3 is 19.9 Å². The molecule has 4 rings (SSSR count). The average Bonchev–Trinajstić information content (AvgIpc) is 2.90. The van der Waals surface area contributed by atoms with Gasteiger partial charge in [0, 0.05) is 20.2 Å². The number of anilines is 2. The smallest absolute Gasteiger partial charge is 0.340 e. The van der Waals surface area contributed by atoms with Gasteiger partial charge in [-0.1, -0.05) is 12.1 Å². The molecule has 2 heterocycles. The second-order valence-electron chi connectivity index (χ2n) is 8.33. The van der Waals surface area contributed by atoms with Crippen LogP contribution in [-0.2, 0) is 28.9 Å². The van der Waals surface area contributed by atoms with Gasteiger partial charge in [-0.2, -0.15) is 0 Å². The Balaban J connectivity index is 1.58. The van der Waals surface area contributed by atoms with E-state index in [1.807, 2.05) is 0 Å². The first-order valence-corrected chi connectivity index (χ1v) is 12.7. The Morgan fingerprint density at radius 1 is 1.03 bits per heavy atom. The van der Waals surface area contributed by atoms with Crippen LogP contribution in [0.15, 0.2) is 56.9 Å². The van der Waals surface area contributed by atoms with Crippen LogP contribution in [0.25, 0.3) is 0 Å². The van der Waals surface area contributed by atoms with Crippen molar-refractivity contribution in [2.45, 2.75) is 17.9 Å². The SMILES string of the molecule is C[C@H](OC(=O)c1ccccc1NS(=O)(=O)c1ccc2c(c1)OCCO2)C(=O)c1c(N)n(C)c(=O)n(C)c1=O. The number of benzene rings is 2. The van der Waals surface area contributed by atoms with Crippen molar-refractivity contribution >= 4 is 33.3 Å². The number of fused-ring (bicyclic) bond motifs is 1. The molecular weight excluding hydrogens is 520 g/mol. The van der Waals surface area contributed by atoms with Crippen molar-refractivity contribution in [3.8, 4) is 11.5 Å². The number of carbonyl (C=O) groups excluding carboxylic acids is 2. The molecule has 200 valence electrons. The predicted molar refractivity (Wildman–Crippen MR) is 135 cm³/mol. The van der Waals surface area contributed by atoms with E-state index in [4.69, 9.17) is 19.9 Å². The van der Waals surface area contributed by atoms with Crippen LogP contribution >= 0.6 is 0 Å². The Labute approximate surface area is 216 Å². The third-order valence-corrected chi connectivity index (χ3v) is 7.19. The van der Waals surface area contributed by atoms with Crippen LogP contribution in [0.1, 0.15) is 27.6 Å². The van der Waals surface area contributed by atoms with Gasteiger partial charge in [0.2, 0.25) is 5.78 Å². The van der Waals surface area contributed by atoms with Gasteiger partial charge in [-0.3, -0.25) is 23.4 Å². The second-order valence-corrected chi connectivity index (χ2v) is 10.0. The fourth-order valence-electron chi connectivity index (χ4n) is 3.72. The molecule has 0 fully saturated rings. The van der Waals surface area contributed by atoms with Gasteiger partial charge in [0.05, 0.1) is 16.1 Å². The second kappa shape index (κ2) is 10.0. The number of para-hydroxylation sites is 1. The molecule has 3 N–H and O–H groups in total. The van der Waals surface area contributed by atoms with Gasteiger partial charge >= 0.3 is 11.7 Å². The third-order valence-electron chi connectivity index (χ3n) is 5.82. The Bertz CT molecular complexity index is 1680. The predicted octanol–water partition coefficient (Wildman–Crippen LogP) is 0.666. The minimum Gasteiger partial charge on any atom is -0.486 e. The molecule has 0 radical (unpaired) electrons. The Morgan fingerprint density at radius 3 is 2.39 bits per heavy atom. The van der Waals surface area contributed by atoms with Crippen LogP contribution in [0, 0.1) is 0 Å². The molecule has 3 aromatic rings. The van der Waals surface area contributed by atoms with Gasteiger partial charge in [-0.25, -0.2) is 18.0 Å². The maximum atomic E-state index is 13.1. The maximum Gasteiger partial charge on any atom is 0.340 e. The molecule has 13 nitrogen and oxygen atoms in total. The fraction of sp³-hybridized carbons (Fsp3) is 0.250. The molecule has 1 atom stereocenters. The van der Waals surface area contributed by atoms with Crippen molar-refractivity contribution in [3.05, 3.63) is 74.4 Å². The lowest BCUT2D eigenvalue weighted by atomic mass is 10.1. The first-order chi connectivity index (χ1) is 17.9. The normalized spacial score (nSPS) is 13.4. The van der Waals surface area contributed by atoms with E-state index in [1.165, 1.54) is 63.5 Å². The fourth-order valence-corrected chi connectivity index (χ4v) is 4.81. The van der Waals surface area contributed by atoms with E-state index in [0.29, 0.717) is 16.9 Å². The van der Waals surface area contributed by atoms with Crippen LogP contribution in [0.5, 0.6) is 11.5 Å². The molecule has 0 saturated carbocycles. The summed E-state index contributed by atoms with van der Waals surface area (Å²) in [6.07, 6.45) is -1.49. The molecule has 0 bridgehead atoms. The van der Waals surface area contributed by atoms with E-state index < -0.39 is 44.7 Å². The number of nitrogens with two attached hydrogens (primary N) is 1. The molecule has 1 aromatic heterocycles. The summed E-state index contributed by atoms with van der Waals surface area (Å²) in [7, 11) is -1.70. The summed E-state index contributed by atoms with van der Waals surface area (Å²) in [6, 6.07) is 9.73. The largest absolute Gasteiger partial charge is 0.486 e. The molecule has 0 unspecified atom stereocenters. The number of nitrogen functional groups attached to an aromatic ring is 1. The van der Waals surface area contributed by atoms with Crippen molar-refractivity contribution < 1.29 is 32.2 Å². The number of nitrogens with zero attached hydrogens (tertiary/aromatic N) is 2. The first kappa shape index (κ1) is 26.5. The number of sulfonamides is 1. The summed E-state index contributed by atoms with van der Waals surface area (Å²) in [4.78, 5) is 50.3. The highest BCUT2D eigenvalue weighted by atomic mass is 32.2. The summed E-state index contributed by atoms with van der Waals surface area (Å²) < 4.78 is 46.2. The van der Waals surface area contributed by atoms with Crippen LogP contribution in [0.2, 0.25) is 0 Å². The van der Waals surface area contributed by atoms with E-state index >= 15 is 0 Å². The molecule has 0 spiro atoms. The van der Waals surface area contributed by atoms with Crippen LogP contribution in [-0.4, -0.2) is 48.6 Å². The molecule has 14 heteroatoms. The van der Waals surface area contributed by atoms with Gasteiger partial charge in [0.25, 0.3) is 15.6 Å². The maximum absolute atomic E-state index is 13.1. The molecule has 0 saturated heterocycles. The number of hydrogen-bond acceptors (Lipinski definition) is 10. The summed E-state index contributed by atoms with van der Waals surface area (Å²) in [5.41, 5.74) is 3.35. The minimum atomic E-state index is -4.17. The standard InChI is InChI=1S/C24H24N4O9S/c1-13(20(29)19-21(25)27(2)24(32)28(3)22(19)30)37-23(31)15-6-4-5-7-16(15)26-38(33,34)14-8-9-17-18(12-14)36-11-10-35-17/h4-9,12-13,26H,10-11,25H2,1-3H3/t13-/m0/s1. The van der Waals surface area contributed by atoms with Gasteiger partial charge in [-0.05, 0) is 31.2 Å². The van der Waals surface area contributed by atoms with Crippen LogP contribution in [0.4, 0.5) is 11.5 Å². The third kappa shape index (κ3) is 4.85. The first-order valence-electron chi connectivity index (χ1n) is 11.2. The zero-order valence-electron chi connectivity index (χ0n) is 20.6. The lowest BCUT2D eigenvalue weighted by Crippen LogP contribution is -2.43. The van der Waals surface area contributed by atoms with Gasteiger partial charge in [0.1, 0.15) is 24.6 Å². The number of aromatic nitrogens is 2. The number of carbonyl (C=O) groups is 2. The molecule has 0 aliphatic carbocycles. The van der Waals surface area contributed by atoms with Crippen molar-refractivity contribution in [1.82, 2.24) is 9.13 Å². The van der Waals surface area contributed by atoms with Crippen molar-refractivity contribution in [2.24, 2.45) is 14.1 Å². The van der Waals surface area contributed by atoms with Crippen molar-refractivity contribution in [1.29, 1.82) is 0 Å². The zero-order valence-corrected chi connectivity index (χ0v) is 21.4. The molecule has 2 aromatic carbocycles. The number of nitrogens with one attached hydrogen (secondary N) is 1. The topological polar surface area (TPSA) is 178 Å². The lowest BCUT2D eigenvalue weighted by molar-refractivity contribution is 0.0319. The monoisotopic (exact) mass is 544 g/mol. The van der Waals surface area contributed by atoms with E-state index in [2.05, 4.69) is 4.72 Å². The van der Waals surface area contributed by atoms with E-state index in [1.54, 1.807) is 0 Å². The number of esters is 1. The Morgan fingerprint density at radius 2 is 1.68 bits per heavy atom. The summed E-state index contributed by atoms with van der Waals surface area (Å²) >= 11 is 0. The number of rotatable bonds is 7. The molecule has 0 amide bonds. The number of Topliss-reactive ketones (excluding diaryl/α,β-unsaturated/α-hetero) is 1. The molecule has 38 heavy (non-hydrogen) atoms. The number of ketones is 1. The highest BCUT2D eigenvalue weighted by molar-refractivity contribution is 7.92. The summed E-state index contributed by atoms with van der Waals surface area (Å²) in [6.45, 7) is 1.84. The molecule has 1 aliphatic heterocycles. The van der Waals surface area contributed by atoms with Crippen molar-refractivity contribution in [3.63, 3.8) is 0 Å². The molecular formula is C24H24N4O9S. The summed E-state index contributed by atoms with van der Waals surface area (Å²) in [5.74, 6) is -1.67. The van der Waals surface area contributed by atoms with Crippen LogP contribution in [0.3, 0.4) is 0 Å². The van der Waals surface area contributed by atoms with Gasteiger partial charge in [-0.15, -0.1) is 0 Å². The Hall–Kier alpha value is -4.59. The van der Waals surface area contributed by atoms with Gasteiger partial charge in [0.15, 0.2) is 17.6 Å². The quantitative estimate of drug-likeness (QED) is 0.317. The summed E-state index contributed by atoms with van der Waals surface area (Å²) in [5, 5.41) is 0. The highest BCUT2D eigenvalue weighted by Crippen LogP contribution is 2.33. The van der Waals surface area contributed by atoms with E-state index in [-0.39, 0.29) is 34.3 Å². The zero-order chi connectivity index (χ0) is 27.8. The van der Waals surface area contributed by atoms with Crippen LogP contribution < -0.4 is 31.2 Å². The molecule has 1 aliphatic rings. The number of ether oxygens (including phenoxy) is 3.